The standard InChI is InChI=1S/C18H26FN/c1-17(2,3)20-12-18(4,19)11-16(20)15-8-6-5-7-14(15)13-9-10-13/h5-8,13,16H,9-12H2,1-4H3/t16-,18?/m0/s1. The highest BCUT2D eigenvalue weighted by Crippen LogP contribution is 2.49. The Morgan fingerprint density at radius 3 is 2.30 bits per heavy atom. The maximum absolute atomic E-state index is 14.6. The Labute approximate surface area is 122 Å². The van der Waals surface area contributed by atoms with Gasteiger partial charge in [0.2, 0.25) is 0 Å². The van der Waals surface area contributed by atoms with Crippen LogP contribution in [-0.2, 0) is 0 Å². The molecule has 1 aromatic rings. The molecule has 2 heteroatoms. The average Bonchev–Trinajstić information content (AvgIpc) is 3.12. The second-order valence-electron chi connectivity index (χ2n) is 7.84. The first-order chi connectivity index (χ1) is 9.28. The maximum Gasteiger partial charge on any atom is 0.122 e. The van der Waals surface area contributed by atoms with Crippen LogP contribution in [0, 0.1) is 0 Å². The van der Waals surface area contributed by atoms with E-state index in [2.05, 4.69) is 49.9 Å². The second-order valence-corrected chi connectivity index (χ2v) is 7.84. The number of nitrogens with zero attached hydrogens (tertiary/aromatic N) is 1. The monoisotopic (exact) mass is 275 g/mol. The van der Waals surface area contributed by atoms with Gasteiger partial charge in [-0.15, -0.1) is 0 Å². The Kier molecular flexibility index (Phi) is 3.20. The Hall–Kier alpha value is -0.890. The molecule has 1 aromatic carbocycles. The number of benzene rings is 1. The smallest absolute Gasteiger partial charge is 0.122 e. The Morgan fingerprint density at radius 2 is 1.75 bits per heavy atom. The topological polar surface area (TPSA) is 3.24 Å². The van der Waals surface area contributed by atoms with Gasteiger partial charge in [0.25, 0.3) is 0 Å². The number of hydrogen-bond donors (Lipinski definition) is 0. The van der Waals surface area contributed by atoms with Crippen LogP contribution in [0.4, 0.5) is 4.39 Å². The molecule has 2 fully saturated rings. The van der Waals surface area contributed by atoms with Crippen molar-refractivity contribution in [3.63, 3.8) is 0 Å². The number of alkyl halides is 1. The van der Waals surface area contributed by atoms with Gasteiger partial charge in [-0.3, -0.25) is 4.90 Å². The summed E-state index contributed by atoms with van der Waals surface area (Å²) in [5.74, 6) is 0.722. The summed E-state index contributed by atoms with van der Waals surface area (Å²) in [6.07, 6.45) is 3.21. The first-order valence-electron chi connectivity index (χ1n) is 7.82. The molecule has 1 aliphatic carbocycles. The number of halogens is 1. The van der Waals surface area contributed by atoms with E-state index < -0.39 is 5.67 Å². The predicted molar refractivity (Wildman–Crippen MR) is 81.7 cm³/mol. The van der Waals surface area contributed by atoms with E-state index in [1.807, 2.05) is 0 Å². The zero-order chi connectivity index (χ0) is 14.5. The van der Waals surface area contributed by atoms with Crippen molar-refractivity contribution in [1.82, 2.24) is 4.90 Å². The minimum atomic E-state index is -1.07. The largest absolute Gasteiger partial charge is 0.288 e. The number of likely N-dealkylation sites (tertiary alicyclic amines) is 1. The minimum Gasteiger partial charge on any atom is -0.288 e. The van der Waals surface area contributed by atoms with Crippen molar-refractivity contribution in [2.75, 3.05) is 6.54 Å². The molecule has 3 rings (SSSR count). The van der Waals surface area contributed by atoms with Gasteiger partial charge < -0.3 is 0 Å². The Balaban J connectivity index is 1.99. The van der Waals surface area contributed by atoms with Crippen molar-refractivity contribution in [1.29, 1.82) is 0 Å². The Bertz CT molecular complexity index is 496. The molecule has 1 heterocycles. The highest BCUT2D eigenvalue weighted by molar-refractivity contribution is 5.37. The van der Waals surface area contributed by atoms with E-state index in [1.165, 1.54) is 24.0 Å². The van der Waals surface area contributed by atoms with E-state index in [9.17, 15) is 4.39 Å². The Morgan fingerprint density at radius 1 is 1.15 bits per heavy atom. The average molecular weight is 275 g/mol. The van der Waals surface area contributed by atoms with Crippen LogP contribution in [-0.4, -0.2) is 22.7 Å². The molecule has 110 valence electrons. The third-order valence-corrected chi connectivity index (χ3v) is 4.73. The summed E-state index contributed by atoms with van der Waals surface area (Å²) in [7, 11) is 0. The fourth-order valence-electron chi connectivity index (χ4n) is 3.61. The summed E-state index contributed by atoms with van der Waals surface area (Å²) in [4.78, 5) is 2.36. The van der Waals surface area contributed by atoms with Gasteiger partial charge in [-0.1, -0.05) is 24.3 Å². The summed E-state index contributed by atoms with van der Waals surface area (Å²) < 4.78 is 14.6. The molecule has 1 aliphatic heterocycles. The molecule has 0 bridgehead atoms. The van der Waals surface area contributed by atoms with E-state index in [0.717, 1.165) is 5.92 Å². The van der Waals surface area contributed by atoms with E-state index >= 15 is 0 Å². The second kappa shape index (κ2) is 4.56. The molecule has 20 heavy (non-hydrogen) atoms. The third kappa shape index (κ3) is 2.63. The zero-order valence-electron chi connectivity index (χ0n) is 13.1. The van der Waals surface area contributed by atoms with Gasteiger partial charge in [0.15, 0.2) is 0 Å². The molecule has 0 amide bonds. The van der Waals surface area contributed by atoms with Crippen molar-refractivity contribution < 1.29 is 4.39 Å². The van der Waals surface area contributed by atoms with Gasteiger partial charge in [0, 0.05) is 24.5 Å². The van der Waals surface area contributed by atoms with Crippen molar-refractivity contribution >= 4 is 0 Å². The molecule has 2 atom stereocenters. The van der Waals surface area contributed by atoms with Gasteiger partial charge in [0.05, 0.1) is 0 Å². The van der Waals surface area contributed by atoms with Crippen molar-refractivity contribution in [3.05, 3.63) is 35.4 Å². The van der Waals surface area contributed by atoms with Crippen LogP contribution in [0.15, 0.2) is 24.3 Å². The summed E-state index contributed by atoms with van der Waals surface area (Å²) in [5, 5.41) is 0. The van der Waals surface area contributed by atoms with Crippen LogP contribution in [0.25, 0.3) is 0 Å². The van der Waals surface area contributed by atoms with Crippen LogP contribution in [0.3, 0.4) is 0 Å². The van der Waals surface area contributed by atoms with Gasteiger partial charge in [-0.25, -0.2) is 4.39 Å². The summed E-state index contributed by atoms with van der Waals surface area (Å²) in [5.41, 5.74) is 1.76. The van der Waals surface area contributed by atoms with E-state index in [0.29, 0.717) is 13.0 Å². The van der Waals surface area contributed by atoms with Crippen LogP contribution < -0.4 is 0 Å². The van der Waals surface area contributed by atoms with Crippen molar-refractivity contribution in [2.24, 2.45) is 0 Å². The van der Waals surface area contributed by atoms with Crippen LogP contribution in [0.1, 0.15) is 70.0 Å². The van der Waals surface area contributed by atoms with Gasteiger partial charge in [0.1, 0.15) is 5.67 Å². The predicted octanol–water partition coefficient (Wildman–Crippen LogP) is 4.84. The van der Waals surface area contributed by atoms with Crippen molar-refractivity contribution in [2.45, 2.75) is 70.1 Å². The van der Waals surface area contributed by atoms with Crippen LogP contribution in [0.2, 0.25) is 0 Å². The lowest BCUT2D eigenvalue weighted by atomic mass is 9.92. The number of rotatable bonds is 2. The molecule has 1 nitrogen and oxygen atoms in total. The molecule has 0 radical (unpaired) electrons. The van der Waals surface area contributed by atoms with E-state index in [1.54, 1.807) is 6.92 Å². The SMILES string of the molecule is CC1(F)C[C@@H](c2ccccc2C2CC2)N(C(C)(C)C)C1. The first kappa shape index (κ1) is 14.1. The van der Waals surface area contributed by atoms with E-state index in [4.69, 9.17) is 0 Å². The molecule has 1 unspecified atom stereocenters. The lowest BCUT2D eigenvalue weighted by Crippen LogP contribution is -2.42. The first-order valence-corrected chi connectivity index (χ1v) is 7.82. The zero-order valence-corrected chi connectivity index (χ0v) is 13.1. The molecule has 0 spiro atoms. The van der Waals surface area contributed by atoms with Crippen LogP contribution in [0.5, 0.6) is 0 Å². The highest BCUT2D eigenvalue weighted by atomic mass is 19.1. The fraction of sp³-hybridized carbons (Fsp3) is 0.667. The fourth-order valence-corrected chi connectivity index (χ4v) is 3.61. The molecular formula is C18H26FN. The quantitative estimate of drug-likeness (QED) is 0.746. The number of hydrogen-bond acceptors (Lipinski definition) is 1. The molecule has 1 saturated heterocycles. The van der Waals surface area contributed by atoms with Gasteiger partial charge in [-0.2, -0.15) is 0 Å². The third-order valence-electron chi connectivity index (χ3n) is 4.73. The normalized spacial score (nSPS) is 31.8. The van der Waals surface area contributed by atoms with Crippen LogP contribution >= 0.6 is 0 Å². The molecule has 0 N–H and O–H groups in total. The van der Waals surface area contributed by atoms with Gasteiger partial charge >= 0.3 is 0 Å². The summed E-state index contributed by atoms with van der Waals surface area (Å²) in [6.45, 7) is 8.88. The molecule has 2 aliphatic rings. The van der Waals surface area contributed by atoms with Crippen molar-refractivity contribution in [3.8, 4) is 0 Å². The molecule has 0 aromatic heterocycles. The summed E-state index contributed by atoms with van der Waals surface area (Å²) >= 11 is 0. The maximum atomic E-state index is 14.6. The van der Waals surface area contributed by atoms with Gasteiger partial charge in [-0.05, 0) is 57.6 Å². The van der Waals surface area contributed by atoms with E-state index in [-0.39, 0.29) is 11.6 Å². The lowest BCUT2D eigenvalue weighted by molar-refractivity contribution is 0.102. The molecule has 1 saturated carbocycles. The lowest BCUT2D eigenvalue weighted by Gasteiger charge is -2.37. The highest BCUT2D eigenvalue weighted by Gasteiger charge is 2.46. The minimum absolute atomic E-state index is 0.00514. The summed E-state index contributed by atoms with van der Waals surface area (Å²) in [6, 6.07) is 8.93. The molecular weight excluding hydrogens is 249 g/mol.